The minimum absolute atomic E-state index is 0.0179. The van der Waals surface area contributed by atoms with Gasteiger partial charge in [0.2, 0.25) is 0 Å². The van der Waals surface area contributed by atoms with Gasteiger partial charge in [-0.15, -0.1) is 0 Å². The molecule has 0 bridgehead atoms. The van der Waals surface area contributed by atoms with Crippen LogP contribution in [0.3, 0.4) is 0 Å². The lowest BCUT2D eigenvalue weighted by Crippen LogP contribution is -2.10. The molecule has 0 aliphatic carbocycles. The largest absolute Gasteiger partial charge is 0.420 e. The second-order valence-corrected chi connectivity index (χ2v) is 3.34. The Hall–Kier alpha value is -1.23. The lowest BCUT2D eigenvalue weighted by Gasteiger charge is -1.96. The van der Waals surface area contributed by atoms with Crippen molar-refractivity contribution in [2.24, 2.45) is 0 Å². The number of ether oxygens (including phenoxy) is 1. The fourth-order valence-electron chi connectivity index (χ4n) is 1.05. The summed E-state index contributed by atoms with van der Waals surface area (Å²) in [7, 11) is 0. The zero-order valence-corrected chi connectivity index (χ0v) is 7.72. The van der Waals surface area contributed by atoms with Crippen LogP contribution < -0.4 is 4.74 Å². The Labute approximate surface area is 80.6 Å². The lowest BCUT2D eigenvalue weighted by molar-refractivity contribution is -0.128. The number of hydrogen-bond donors (Lipinski definition) is 0. The quantitative estimate of drug-likeness (QED) is 0.397. The van der Waals surface area contributed by atoms with Gasteiger partial charge in [0.1, 0.15) is 11.6 Å². The molecule has 1 heterocycles. The first-order chi connectivity index (χ1) is 6.09. The zero-order valence-electron chi connectivity index (χ0n) is 6.14. The molecule has 1 aromatic rings. The highest BCUT2D eigenvalue weighted by molar-refractivity contribution is 9.10. The Bertz CT molecular complexity index is 428. The topological polar surface area (TPSA) is 43.4 Å². The van der Waals surface area contributed by atoms with Gasteiger partial charge in [-0.25, -0.2) is 9.18 Å². The zero-order chi connectivity index (χ0) is 9.59. The molecule has 0 fully saturated rings. The van der Waals surface area contributed by atoms with Crippen molar-refractivity contribution < 1.29 is 18.7 Å². The van der Waals surface area contributed by atoms with Crippen LogP contribution in [0.25, 0.3) is 0 Å². The van der Waals surface area contributed by atoms with Crippen LogP contribution >= 0.6 is 15.9 Å². The summed E-state index contributed by atoms with van der Waals surface area (Å²) in [5.41, 5.74) is 0.0956. The molecule has 0 unspecified atom stereocenters. The third kappa shape index (κ3) is 1.16. The molecule has 0 spiro atoms. The van der Waals surface area contributed by atoms with Gasteiger partial charge in [0, 0.05) is 6.07 Å². The van der Waals surface area contributed by atoms with Crippen molar-refractivity contribution in [1.29, 1.82) is 0 Å². The second kappa shape index (κ2) is 2.63. The Balaban J connectivity index is 2.66. The van der Waals surface area contributed by atoms with Crippen molar-refractivity contribution in [2.75, 3.05) is 0 Å². The molecule has 66 valence electrons. The number of benzene rings is 1. The third-order valence-corrected chi connectivity index (χ3v) is 2.26. The number of hydrogen-bond acceptors (Lipinski definition) is 3. The van der Waals surface area contributed by atoms with Crippen molar-refractivity contribution in [3.63, 3.8) is 0 Å². The molecule has 2 rings (SSSR count). The van der Waals surface area contributed by atoms with Gasteiger partial charge in [-0.1, -0.05) is 0 Å². The lowest BCUT2D eigenvalue weighted by atomic mass is 10.1. The number of carbonyl (C=O) groups excluding carboxylic acids is 2. The third-order valence-electron chi connectivity index (χ3n) is 1.66. The van der Waals surface area contributed by atoms with E-state index >= 15 is 0 Å². The van der Waals surface area contributed by atoms with E-state index in [2.05, 4.69) is 20.7 Å². The molecular weight excluding hydrogens is 243 g/mol. The molecule has 3 nitrogen and oxygen atoms in total. The predicted octanol–water partition coefficient (Wildman–Crippen LogP) is 1.69. The fourth-order valence-corrected chi connectivity index (χ4v) is 1.39. The molecule has 1 aliphatic heterocycles. The minimum atomic E-state index is -0.965. The Morgan fingerprint density at radius 3 is 2.69 bits per heavy atom. The van der Waals surface area contributed by atoms with Crippen LogP contribution in [0.2, 0.25) is 0 Å². The van der Waals surface area contributed by atoms with E-state index in [1.54, 1.807) is 0 Å². The normalized spacial score (nSPS) is 14.3. The van der Waals surface area contributed by atoms with Gasteiger partial charge in [-0.3, -0.25) is 4.79 Å². The van der Waals surface area contributed by atoms with Gasteiger partial charge in [0.25, 0.3) is 5.78 Å². The van der Waals surface area contributed by atoms with E-state index in [4.69, 9.17) is 0 Å². The number of ketones is 1. The average molecular weight is 245 g/mol. The minimum Gasteiger partial charge on any atom is -0.420 e. The molecule has 0 aromatic heterocycles. The van der Waals surface area contributed by atoms with E-state index in [-0.39, 0.29) is 15.8 Å². The molecule has 0 saturated carbocycles. The van der Waals surface area contributed by atoms with E-state index in [1.807, 2.05) is 0 Å². The van der Waals surface area contributed by atoms with Gasteiger partial charge in [0.15, 0.2) is 0 Å². The maximum Gasteiger partial charge on any atom is 0.385 e. The number of Topliss-reactive ketones (excluding diaryl/α,β-unsaturated/α-hetero) is 1. The summed E-state index contributed by atoms with van der Waals surface area (Å²) in [6, 6.07) is 2.24. The van der Waals surface area contributed by atoms with Crippen LogP contribution in [0.15, 0.2) is 16.6 Å². The van der Waals surface area contributed by atoms with Crippen LogP contribution in [-0.4, -0.2) is 11.8 Å². The van der Waals surface area contributed by atoms with E-state index in [0.717, 1.165) is 6.07 Å². The molecule has 0 radical (unpaired) electrons. The molecule has 0 saturated heterocycles. The van der Waals surface area contributed by atoms with Gasteiger partial charge < -0.3 is 4.74 Å². The van der Waals surface area contributed by atoms with Gasteiger partial charge in [-0.05, 0) is 22.0 Å². The molecule has 0 N–H and O–H groups in total. The van der Waals surface area contributed by atoms with Crippen LogP contribution in [0.1, 0.15) is 10.4 Å². The maximum absolute atomic E-state index is 12.9. The van der Waals surface area contributed by atoms with Crippen molar-refractivity contribution >= 4 is 27.7 Å². The van der Waals surface area contributed by atoms with Crippen LogP contribution in [0.4, 0.5) is 4.39 Å². The maximum atomic E-state index is 12.9. The monoisotopic (exact) mass is 244 g/mol. The first-order valence-corrected chi connectivity index (χ1v) is 4.14. The molecular formula is C8H2BrFO3. The van der Waals surface area contributed by atoms with Crippen LogP contribution in [0, 0.1) is 5.82 Å². The van der Waals surface area contributed by atoms with E-state index in [0.29, 0.717) is 0 Å². The average Bonchev–Trinajstić information content (AvgIpc) is 2.32. The van der Waals surface area contributed by atoms with E-state index in [1.165, 1.54) is 6.07 Å². The van der Waals surface area contributed by atoms with E-state index < -0.39 is 17.6 Å². The first kappa shape index (κ1) is 8.37. The van der Waals surface area contributed by atoms with Gasteiger partial charge >= 0.3 is 5.97 Å². The fraction of sp³-hybridized carbons (Fsp3) is 0. The Morgan fingerprint density at radius 2 is 2.00 bits per heavy atom. The number of esters is 1. The highest BCUT2D eigenvalue weighted by Gasteiger charge is 2.31. The smallest absolute Gasteiger partial charge is 0.385 e. The summed E-state index contributed by atoms with van der Waals surface area (Å²) in [4.78, 5) is 21.8. The summed E-state index contributed by atoms with van der Waals surface area (Å²) in [5.74, 6) is -2.29. The molecule has 5 heteroatoms. The number of rotatable bonds is 0. The van der Waals surface area contributed by atoms with Crippen molar-refractivity contribution in [3.8, 4) is 5.75 Å². The standard InChI is InChI=1S/C8H2BrFO3/c9-4-1-3-6(2-5(4)10)13-8(12)7(3)11/h1-2H. The summed E-state index contributed by atoms with van der Waals surface area (Å²) in [6.45, 7) is 0. The predicted molar refractivity (Wildman–Crippen MR) is 44.1 cm³/mol. The molecule has 1 aromatic carbocycles. The van der Waals surface area contributed by atoms with Gasteiger partial charge in [-0.2, -0.15) is 0 Å². The summed E-state index contributed by atoms with van der Waals surface area (Å²) >= 11 is 2.90. The highest BCUT2D eigenvalue weighted by Crippen LogP contribution is 2.30. The Kier molecular flexibility index (Phi) is 1.69. The van der Waals surface area contributed by atoms with Gasteiger partial charge in [0.05, 0.1) is 10.0 Å². The number of carbonyl (C=O) groups is 2. The second-order valence-electron chi connectivity index (χ2n) is 2.48. The SMILES string of the molecule is O=C1Oc2cc(F)c(Br)cc2C1=O. The number of fused-ring (bicyclic) bond motifs is 1. The summed E-state index contributed by atoms with van der Waals surface area (Å²) in [5, 5.41) is 0. The van der Waals surface area contributed by atoms with Crippen LogP contribution in [0.5, 0.6) is 5.75 Å². The molecule has 0 atom stereocenters. The van der Waals surface area contributed by atoms with Crippen molar-refractivity contribution in [2.45, 2.75) is 0 Å². The molecule has 0 amide bonds. The molecule has 1 aliphatic rings. The highest BCUT2D eigenvalue weighted by atomic mass is 79.9. The Morgan fingerprint density at radius 1 is 1.31 bits per heavy atom. The van der Waals surface area contributed by atoms with Crippen molar-refractivity contribution in [1.82, 2.24) is 0 Å². The first-order valence-electron chi connectivity index (χ1n) is 3.35. The molecule has 13 heavy (non-hydrogen) atoms. The van der Waals surface area contributed by atoms with Crippen LogP contribution in [-0.2, 0) is 4.79 Å². The summed E-state index contributed by atoms with van der Waals surface area (Å²) < 4.78 is 17.5. The number of halogens is 2. The van der Waals surface area contributed by atoms with E-state index in [9.17, 15) is 14.0 Å². The van der Waals surface area contributed by atoms with Crippen molar-refractivity contribution in [3.05, 3.63) is 28.0 Å². The summed E-state index contributed by atoms with van der Waals surface area (Å²) in [6.07, 6.45) is 0.